The molecule has 0 aliphatic carbocycles. The molecular formula is C6H14N2O2Se. The minimum absolute atomic E-state index is 0.454. The summed E-state index contributed by atoms with van der Waals surface area (Å²) in [5, 5.41) is 12.1. The van der Waals surface area contributed by atoms with Gasteiger partial charge in [-0.15, -0.1) is 0 Å². The van der Waals surface area contributed by atoms with Gasteiger partial charge in [0.15, 0.2) is 0 Å². The Labute approximate surface area is 74.3 Å². The Kier molecular flexibility index (Phi) is 4.68. The van der Waals surface area contributed by atoms with Crippen LogP contribution in [0.4, 0.5) is 0 Å². The average Bonchev–Trinajstić information content (AvgIpc) is 2.00. The van der Waals surface area contributed by atoms with E-state index in [1.807, 2.05) is 0 Å². The van der Waals surface area contributed by atoms with E-state index in [-0.39, 0.29) is 0 Å². The molecule has 4 N–H and O–H groups in total. The molecule has 0 rings (SSSR count). The van der Waals surface area contributed by atoms with Crippen molar-refractivity contribution < 1.29 is 9.90 Å². The van der Waals surface area contributed by atoms with Gasteiger partial charge in [0.25, 0.3) is 0 Å². The zero-order valence-corrected chi connectivity index (χ0v) is 8.38. The van der Waals surface area contributed by atoms with Gasteiger partial charge in [-0.3, -0.25) is 0 Å². The topological polar surface area (TPSA) is 75.3 Å². The van der Waals surface area contributed by atoms with Gasteiger partial charge in [0, 0.05) is 0 Å². The monoisotopic (exact) mass is 226 g/mol. The van der Waals surface area contributed by atoms with Gasteiger partial charge >= 0.3 is 73.8 Å². The third-order valence-corrected chi connectivity index (χ3v) is 2.77. The number of aliphatic carboxylic acids is 1. The standard InChI is InChI=1S/C6H14N2O2Se/c1-6(4-11,5(9)10)8-3-2-7/h8,11H,2-4,7H2,1H3,(H,9,10)/t6-/m0/s1. The Hall–Kier alpha value is -0.0905. The molecule has 4 nitrogen and oxygen atoms in total. The summed E-state index contributed by atoms with van der Waals surface area (Å²) >= 11 is 2.26. The molecule has 0 saturated heterocycles. The molecule has 0 aromatic heterocycles. The third kappa shape index (κ3) is 3.20. The van der Waals surface area contributed by atoms with E-state index in [1.54, 1.807) is 6.92 Å². The molecule has 0 bridgehead atoms. The molecule has 1 atom stereocenters. The molecule has 0 heterocycles. The van der Waals surface area contributed by atoms with Crippen molar-refractivity contribution in [2.45, 2.75) is 17.8 Å². The summed E-state index contributed by atoms with van der Waals surface area (Å²) in [6, 6.07) is 0. The zero-order valence-electron chi connectivity index (χ0n) is 6.50. The molecule has 0 spiro atoms. The van der Waals surface area contributed by atoms with Crippen molar-refractivity contribution in [3.05, 3.63) is 0 Å². The van der Waals surface area contributed by atoms with E-state index in [0.29, 0.717) is 18.4 Å². The molecular weight excluding hydrogens is 211 g/mol. The predicted octanol–water partition coefficient (Wildman–Crippen LogP) is -1.30. The van der Waals surface area contributed by atoms with Crippen molar-refractivity contribution in [2.24, 2.45) is 5.73 Å². The normalized spacial score (nSPS) is 15.9. The molecule has 66 valence electrons. The zero-order chi connectivity index (χ0) is 8.91. The van der Waals surface area contributed by atoms with Crippen molar-refractivity contribution >= 4 is 22.0 Å². The molecule has 11 heavy (non-hydrogen) atoms. The molecule has 0 fully saturated rings. The molecule has 0 aromatic rings. The molecule has 0 radical (unpaired) electrons. The second-order valence-corrected chi connectivity index (χ2v) is 3.17. The molecule has 0 amide bonds. The van der Waals surface area contributed by atoms with Crippen LogP contribution in [0.25, 0.3) is 0 Å². The summed E-state index contributed by atoms with van der Waals surface area (Å²) in [6.45, 7) is 2.62. The molecule has 0 aromatic carbocycles. The van der Waals surface area contributed by atoms with E-state index in [0.717, 1.165) is 0 Å². The summed E-state index contributed by atoms with van der Waals surface area (Å²) in [5.74, 6) is -0.841. The van der Waals surface area contributed by atoms with Crippen LogP contribution in [-0.2, 0) is 4.79 Å². The molecule has 0 aliphatic rings. The van der Waals surface area contributed by atoms with Gasteiger partial charge < -0.3 is 0 Å². The van der Waals surface area contributed by atoms with Gasteiger partial charge in [0.05, 0.1) is 0 Å². The van der Waals surface area contributed by atoms with E-state index < -0.39 is 11.5 Å². The van der Waals surface area contributed by atoms with Gasteiger partial charge in [0.1, 0.15) is 0 Å². The first-order chi connectivity index (χ1) is 5.06. The molecule has 0 aliphatic heterocycles. The van der Waals surface area contributed by atoms with Crippen LogP contribution in [0.15, 0.2) is 0 Å². The van der Waals surface area contributed by atoms with E-state index in [2.05, 4.69) is 21.3 Å². The van der Waals surface area contributed by atoms with Crippen molar-refractivity contribution in [2.75, 3.05) is 13.1 Å². The van der Waals surface area contributed by atoms with Crippen molar-refractivity contribution in [1.82, 2.24) is 5.32 Å². The summed E-state index contributed by atoms with van der Waals surface area (Å²) < 4.78 is 0. The van der Waals surface area contributed by atoms with Crippen LogP contribution >= 0.6 is 0 Å². The summed E-state index contributed by atoms with van der Waals surface area (Å²) in [6.07, 6.45) is 0. The third-order valence-electron chi connectivity index (χ3n) is 1.45. The number of nitrogens with two attached hydrogens (primary N) is 1. The fraction of sp³-hybridized carbons (Fsp3) is 0.833. The number of nitrogens with one attached hydrogen (secondary N) is 1. The fourth-order valence-electron chi connectivity index (χ4n) is 0.547. The van der Waals surface area contributed by atoms with Crippen LogP contribution in [0.2, 0.25) is 5.32 Å². The maximum absolute atomic E-state index is 10.6. The van der Waals surface area contributed by atoms with Gasteiger partial charge in [-0.05, 0) is 0 Å². The Morgan fingerprint density at radius 2 is 2.36 bits per heavy atom. The van der Waals surface area contributed by atoms with E-state index >= 15 is 0 Å². The predicted molar refractivity (Wildman–Crippen MR) is 45.1 cm³/mol. The van der Waals surface area contributed by atoms with Crippen molar-refractivity contribution in [3.8, 4) is 0 Å². The van der Waals surface area contributed by atoms with Crippen molar-refractivity contribution in [3.63, 3.8) is 0 Å². The summed E-state index contributed by atoms with van der Waals surface area (Å²) in [7, 11) is 0. The number of carbonyl (C=O) groups is 1. The first-order valence-corrected chi connectivity index (χ1v) is 4.69. The first kappa shape index (κ1) is 10.9. The van der Waals surface area contributed by atoms with Crippen molar-refractivity contribution in [1.29, 1.82) is 0 Å². The van der Waals surface area contributed by atoms with Gasteiger partial charge in [-0.25, -0.2) is 0 Å². The second kappa shape index (κ2) is 4.72. The van der Waals surface area contributed by atoms with Crippen LogP contribution in [0, 0.1) is 0 Å². The van der Waals surface area contributed by atoms with Gasteiger partial charge in [-0.2, -0.15) is 0 Å². The quantitative estimate of drug-likeness (QED) is 0.508. The number of hydrogen-bond donors (Lipinski definition) is 3. The molecule has 5 heteroatoms. The number of rotatable bonds is 5. The van der Waals surface area contributed by atoms with Crippen LogP contribution < -0.4 is 11.1 Å². The fourth-order valence-corrected chi connectivity index (χ4v) is 1.07. The Balaban J connectivity index is 3.99. The Morgan fingerprint density at radius 1 is 1.82 bits per heavy atom. The summed E-state index contributed by atoms with van der Waals surface area (Å²) in [4.78, 5) is 10.6. The average molecular weight is 225 g/mol. The van der Waals surface area contributed by atoms with E-state index in [1.165, 1.54) is 0 Å². The molecule has 0 saturated carbocycles. The minimum atomic E-state index is -0.848. The van der Waals surface area contributed by atoms with Crippen LogP contribution in [0.3, 0.4) is 0 Å². The first-order valence-electron chi connectivity index (χ1n) is 3.36. The SMILES string of the molecule is C[C@@](C[SeH])(NCCN)C(=O)O. The van der Waals surface area contributed by atoms with Gasteiger partial charge in [0.2, 0.25) is 0 Å². The molecule has 0 unspecified atom stereocenters. The van der Waals surface area contributed by atoms with E-state index in [4.69, 9.17) is 10.8 Å². The second-order valence-electron chi connectivity index (χ2n) is 2.51. The van der Waals surface area contributed by atoms with Crippen LogP contribution in [0.1, 0.15) is 6.92 Å². The number of hydrogen-bond acceptors (Lipinski definition) is 3. The maximum atomic E-state index is 10.6. The number of carboxylic acids is 1. The van der Waals surface area contributed by atoms with E-state index in [9.17, 15) is 4.79 Å². The van der Waals surface area contributed by atoms with Crippen LogP contribution in [0.5, 0.6) is 0 Å². The Morgan fingerprint density at radius 3 is 2.64 bits per heavy atom. The van der Waals surface area contributed by atoms with Crippen LogP contribution in [-0.4, -0.2) is 45.7 Å². The summed E-state index contributed by atoms with van der Waals surface area (Å²) in [5.41, 5.74) is 4.38. The van der Waals surface area contributed by atoms with Gasteiger partial charge in [-0.1, -0.05) is 0 Å². The Bertz CT molecular complexity index is 143. The number of carboxylic acid groups (broad SMARTS) is 1.